The van der Waals surface area contributed by atoms with Crippen molar-refractivity contribution in [3.63, 3.8) is 0 Å². The summed E-state index contributed by atoms with van der Waals surface area (Å²) in [5.74, 6) is 0.289. The standard InChI is InChI=1S/C17H13FN2O/c1-11(17-9-13-4-2-3-5-16(13)21-17)20-15-7-6-12(10-19)8-14(15)18/h2-9,11,20H,1H3/t11-/m1/s1. The molecular weight excluding hydrogens is 267 g/mol. The normalized spacial score (nSPS) is 12.0. The number of nitrogens with zero attached hydrogens (tertiary/aromatic N) is 1. The van der Waals surface area contributed by atoms with E-state index in [1.807, 2.05) is 43.3 Å². The van der Waals surface area contributed by atoms with Crippen molar-refractivity contribution in [2.45, 2.75) is 13.0 Å². The first kappa shape index (κ1) is 13.2. The summed E-state index contributed by atoms with van der Waals surface area (Å²) in [4.78, 5) is 0. The number of para-hydroxylation sites is 1. The van der Waals surface area contributed by atoms with Gasteiger partial charge in [-0.3, -0.25) is 0 Å². The molecule has 0 bridgehead atoms. The van der Waals surface area contributed by atoms with Gasteiger partial charge < -0.3 is 9.73 Å². The van der Waals surface area contributed by atoms with Gasteiger partial charge >= 0.3 is 0 Å². The quantitative estimate of drug-likeness (QED) is 0.761. The summed E-state index contributed by atoms with van der Waals surface area (Å²) >= 11 is 0. The summed E-state index contributed by atoms with van der Waals surface area (Å²) in [7, 11) is 0. The second kappa shape index (κ2) is 5.29. The number of nitrogens with one attached hydrogen (secondary N) is 1. The first-order valence-corrected chi connectivity index (χ1v) is 6.62. The molecule has 21 heavy (non-hydrogen) atoms. The van der Waals surface area contributed by atoms with Gasteiger partial charge in [-0.1, -0.05) is 18.2 Å². The first-order chi connectivity index (χ1) is 10.2. The lowest BCUT2D eigenvalue weighted by atomic mass is 10.1. The maximum absolute atomic E-state index is 13.9. The van der Waals surface area contributed by atoms with Crippen LogP contribution in [0.5, 0.6) is 0 Å². The van der Waals surface area contributed by atoms with Gasteiger partial charge in [-0.15, -0.1) is 0 Å². The number of hydrogen-bond acceptors (Lipinski definition) is 3. The van der Waals surface area contributed by atoms with Crippen LogP contribution >= 0.6 is 0 Å². The van der Waals surface area contributed by atoms with Crippen LogP contribution in [0.15, 0.2) is 52.9 Å². The minimum atomic E-state index is -0.447. The Balaban J connectivity index is 1.86. The monoisotopic (exact) mass is 280 g/mol. The molecule has 0 radical (unpaired) electrons. The SMILES string of the molecule is C[C@@H](Nc1ccc(C#N)cc1F)c1cc2ccccc2o1. The Morgan fingerprint density at radius 2 is 2.00 bits per heavy atom. The van der Waals surface area contributed by atoms with E-state index in [9.17, 15) is 4.39 Å². The number of anilines is 1. The van der Waals surface area contributed by atoms with Gasteiger partial charge in [-0.05, 0) is 37.3 Å². The molecule has 0 unspecified atom stereocenters. The zero-order chi connectivity index (χ0) is 14.8. The summed E-state index contributed by atoms with van der Waals surface area (Å²) in [6.07, 6.45) is 0. The maximum atomic E-state index is 13.9. The van der Waals surface area contributed by atoms with E-state index in [2.05, 4.69) is 5.32 Å². The summed E-state index contributed by atoms with van der Waals surface area (Å²) < 4.78 is 19.6. The van der Waals surface area contributed by atoms with Crippen molar-refractivity contribution in [3.8, 4) is 6.07 Å². The van der Waals surface area contributed by atoms with Gasteiger partial charge in [0.05, 0.1) is 23.4 Å². The molecule has 0 spiro atoms. The van der Waals surface area contributed by atoms with Crippen LogP contribution in [0.4, 0.5) is 10.1 Å². The largest absolute Gasteiger partial charge is 0.459 e. The molecule has 0 aliphatic carbocycles. The van der Waals surface area contributed by atoms with Crippen LogP contribution in [-0.2, 0) is 0 Å². The summed E-state index contributed by atoms with van der Waals surface area (Å²) in [5, 5.41) is 12.8. The van der Waals surface area contributed by atoms with E-state index in [0.717, 1.165) is 16.7 Å². The van der Waals surface area contributed by atoms with Gasteiger partial charge in [0.1, 0.15) is 17.2 Å². The van der Waals surface area contributed by atoms with Crippen LogP contribution < -0.4 is 5.32 Å². The van der Waals surface area contributed by atoms with Gasteiger partial charge in [0, 0.05) is 5.39 Å². The van der Waals surface area contributed by atoms with Crippen molar-refractivity contribution in [2.24, 2.45) is 0 Å². The minimum Gasteiger partial charge on any atom is -0.459 e. The zero-order valence-electron chi connectivity index (χ0n) is 11.4. The van der Waals surface area contributed by atoms with E-state index in [0.29, 0.717) is 11.3 Å². The lowest BCUT2D eigenvalue weighted by Crippen LogP contribution is -2.07. The Morgan fingerprint density at radius 3 is 2.71 bits per heavy atom. The Bertz CT molecular complexity index is 799. The molecular formula is C17H13FN2O. The van der Waals surface area contributed by atoms with Crippen LogP contribution in [0.3, 0.4) is 0 Å². The van der Waals surface area contributed by atoms with E-state index in [1.165, 1.54) is 6.07 Å². The van der Waals surface area contributed by atoms with Crippen LogP contribution in [0.1, 0.15) is 24.3 Å². The summed E-state index contributed by atoms with van der Waals surface area (Å²) in [5.41, 5.74) is 1.46. The fourth-order valence-electron chi connectivity index (χ4n) is 2.22. The predicted molar refractivity (Wildman–Crippen MR) is 79.4 cm³/mol. The minimum absolute atomic E-state index is 0.181. The van der Waals surface area contributed by atoms with Crippen molar-refractivity contribution in [1.29, 1.82) is 5.26 Å². The fraction of sp³-hybridized carbons (Fsp3) is 0.118. The van der Waals surface area contributed by atoms with E-state index in [4.69, 9.17) is 9.68 Å². The van der Waals surface area contributed by atoms with Gasteiger partial charge in [-0.25, -0.2) is 4.39 Å². The highest BCUT2D eigenvalue weighted by Gasteiger charge is 2.13. The third-order valence-electron chi connectivity index (χ3n) is 3.34. The topological polar surface area (TPSA) is 49.0 Å². The molecule has 3 nitrogen and oxygen atoms in total. The van der Waals surface area contributed by atoms with Crippen molar-refractivity contribution in [3.05, 3.63) is 65.7 Å². The van der Waals surface area contributed by atoms with Crippen molar-refractivity contribution in [1.82, 2.24) is 0 Å². The van der Waals surface area contributed by atoms with E-state index in [1.54, 1.807) is 12.1 Å². The molecule has 1 aromatic heterocycles. The second-order valence-corrected chi connectivity index (χ2v) is 4.86. The van der Waals surface area contributed by atoms with E-state index in [-0.39, 0.29) is 6.04 Å². The number of nitriles is 1. The zero-order valence-corrected chi connectivity index (χ0v) is 11.4. The number of hydrogen-bond donors (Lipinski definition) is 1. The lowest BCUT2D eigenvalue weighted by molar-refractivity contribution is 0.524. The molecule has 1 atom stereocenters. The molecule has 1 heterocycles. The lowest BCUT2D eigenvalue weighted by Gasteiger charge is -2.13. The maximum Gasteiger partial charge on any atom is 0.147 e. The number of rotatable bonds is 3. The molecule has 3 rings (SSSR count). The average molecular weight is 280 g/mol. The van der Waals surface area contributed by atoms with Crippen LogP contribution in [0, 0.1) is 17.1 Å². The molecule has 0 saturated heterocycles. The van der Waals surface area contributed by atoms with Gasteiger partial charge in [-0.2, -0.15) is 5.26 Å². The molecule has 0 aliphatic heterocycles. The number of fused-ring (bicyclic) bond motifs is 1. The van der Waals surface area contributed by atoms with Crippen molar-refractivity contribution in [2.75, 3.05) is 5.32 Å². The molecule has 0 saturated carbocycles. The molecule has 104 valence electrons. The highest BCUT2D eigenvalue weighted by atomic mass is 19.1. The second-order valence-electron chi connectivity index (χ2n) is 4.86. The van der Waals surface area contributed by atoms with Crippen LogP contribution in [0.25, 0.3) is 11.0 Å². The number of furan rings is 1. The van der Waals surface area contributed by atoms with E-state index < -0.39 is 5.82 Å². The van der Waals surface area contributed by atoms with Gasteiger partial charge in [0.15, 0.2) is 0 Å². The fourth-order valence-corrected chi connectivity index (χ4v) is 2.22. The van der Waals surface area contributed by atoms with Crippen molar-refractivity contribution >= 4 is 16.7 Å². The third-order valence-corrected chi connectivity index (χ3v) is 3.34. The van der Waals surface area contributed by atoms with Gasteiger partial charge in [0.2, 0.25) is 0 Å². The summed E-state index contributed by atoms with van der Waals surface area (Å²) in [6, 6.07) is 15.7. The predicted octanol–water partition coefficient (Wildman–Crippen LogP) is 4.62. The highest BCUT2D eigenvalue weighted by Crippen LogP contribution is 2.27. The third kappa shape index (κ3) is 2.59. The molecule has 0 fully saturated rings. The average Bonchev–Trinajstić information content (AvgIpc) is 2.93. The molecule has 0 aliphatic rings. The molecule has 1 N–H and O–H groups in total. The van der Waals surface area contributed by atoms with Crippen LogP contribution in [0.2, 0.25) is 0 Å². The van der Waals surface area contributed by atoms with Crippen molar-refractivity contribution < 1.29 is 8.81 Å². The Morgan fingerprint density at radius 1 is 1.19 bits per heavy atom. The number of benzene rings is 2. The smallest absolute Gasteiger partial charge is 0.147 e. The van der Waals surface area contributed by atoms with E-state index >= 15 is 0 Å². The summed E-state index contributed by atoms with van der Waals surface area (Å²) in [6.45, 7) is 1.90. The molecule has 2 aromatic carbocycles. The molecule has 4 heteroatoms. The number of halogens is 1. The highest BCUT2D eigenvalue weighted by molar-refractivity contribution is 5.77. The molecule has 0 amide bonds. The van der Waals surface area contributed by atoms with Gasteiger partial charge in [0.25, 0.3) is 0 Å². The van der Waals surface area contributed by atoms with Crippen LogP contribution in [-0.4, -0.2) is 0 Å². The molecule has 3 aromatic rings. The Labute approximate surface area is 121 Å². The Hall–Kier alpha value is -2.80. The Kier molecular flexibility index (Phi) is 3.33. The first-order valence-electron chi connectivity index (χ1n) is 6.62.